The smallest absolute Gasteiger partial charge is 0.261 e. The van der Waals surface area contributed by atoms with Gasteiger partial charge in [-0.2, -0.15) is 0 Å². The minimum absolute atomic E-state index is 0.162. The molecule has 0 bridgehead atoms. The van der Waals surface area contributed by atoms with E-state index >= 15 is 0 Å². The first-order chi connectivity index (χ1) is 9.50. The maximum absolute atomic E-state index is 11.6. The number of hydrogen-bond acceptors (Lipinski definition) is 5. The number of amides is 3. The van der Waals surface area contributed by atoms with Gasteiger partial charge in [0.25, 0.3) is 5.91 Å². The highest BCUT2D eigenvalue weighted by Crippen LogP contribution is 2.07. The molecule has 20 heavy (non-hydrogen) atoms. The maximum Gasteiger partial charge on any atom is 0.261 e. The molecule has 0 aliphatic rings. The minimum atomic E-state index is -1.38. The lowest BCUT2D eigenvalue weighted by atomic mass is 10.2. The average Bonchev–Trinajstić information content (AvgIpc) is 2.94. The zero-order valence-corrected chi connectivity index (χ0v) is 11.6. The lowest BCUT2D eigenvalue weighted by molar-refractivity contribution is -0.127. The van der Waals surface area contributed by atoms with Crippen molar-refractivity contribution in [2.24, 2.45) is 5.73 Å². The van der Waals surface area contributed by atoms with Crippen LogP contribution in [0.1, 0.15) is 22.5 Å². The second-order valence-corrected chi connectivity index (χ2v) is 5.01. The van der Waals surface area contributed by atoms with E-state index in [-0.39, 0.29) is 24.8 Å². The fourth-order valence-corrected chi connectivity index (χ4v) is 1.99. The Kier molecular flexibility index (Phi) is 6.68. The van der Waals surface area contributed by atoms with E-state index in [2.05, 4.69) is 10.6 Å². The molecule has 0 aromatic carbocycles. The van der Waals surface area contributed by atoms with Crippen molar-refractivity contribution >= 4 is 29.1 Å². The fraction of sp³-hybridized carbons (Fsp3) is 0.417. The zero-order chi connectivity index (χ0) is 15.0. The summed E-state index contributed by atoms with van der Waals surface area (Å²) in [7, 11) is 0. The Bertz CT molecular complexity index is 461. The van der Waals surface area contributed by atoms with Gasteiger partial charge in [-0.3, -0.25) is 14.4 Å². The highest BCUT2D eigenvalue weighted by molar-refractivity contribution is 7.12. The van der Waals surface area contributed by atoms with Gasteiger partial charge in [-0.15, -0.1) is 11.3 Å². The molecule has 1 aromatic heterocycles. The summed E-state index contributed by atoms with van der Waals surface area (Å²) in [6.07, 6.45) is -0.719. The quantitative estimate of drug-likeness (QED) is 0.470. The Balaban J connectivity index is 2.10. The van der Waals surface area contributed by atoms with E-state index < -0.39 is 12.0 Å². The van der Waals surface area contributed by atoms with Crippen LogP contribution >= 0.6 is 11.3 Å². The molecule has 1 heterocycles. The van der Waals surface area contributed by atoms with Crippen LogP contribution in [0.5, 0.6) is 0 Å². The van der Waals surface area contributed by atoms with Gasteiger partial charge in [-0.25, -0.2) is 0 Å². The third kappa shape index (κ3) is 5.81. The fourth-order valence-electron chi connectivity index (χ4n) is 1.35. The van der Waals surface area contributed by atoms with Crippen LogP contribution in [0, 0.1) is 0 Å². The number of nitrogens with one attached hydrogen (secondary N) is 2. The molecule has 3 amide bonds. The number of carbonyl (C=O) groups excluding carboxylic acids is 3. The molecule has 0 aliphatic heterocycles. The molecule has 0 saturated carbocycles. The second-order valence-electron chi connectivity index (χ2n) is 4.06. The third-order valence-corrected chi connectivity index (χ3v) is 3.30. The van der Waals surface area contributed by atoms with Crippen molar-refractivity contribution in [1.82, 2.24) is 10.6 Å². The number of aliphatic hydroxyl groups excluding tert-OH is 1. The van der Waals surface area contributed by atoms with Crippen molar-refractivity contribution in [3.05, 3.63) is 22.4 Å². The molecule has 0 spiro atoms. The van der Waals surface area contributed by atoms with E-state index in [9.17, 15) is 14.4 Å². The summed E-state index contributed by atoms with van der Waals surface area (Å²) < 4.78 is 0. The van der Waals surface area contributed by atoms with Crippen LogP contribution < -0.4 is 16.4 Å². The molecule has 0 radical (unpaired) electrons. The van der Waals surface area contributed by atoms with Gasteiger partial charge in [0.15, 0.2) is 0 Å². The molecule has 0 fully saturated rings. The van der Waals surface area contributed by atoms with E-state index in [0.717, 1.165) is 0 Å². The van der Waals surface area contributed by atoms with Gasteiger partial charge in [-0.05, 0) is 17.9 Å². The van der Waals surface area contributed by atoms with Crippen molar-refractivity contribution in [2.75, 3.05) is 13.1 Å². The van der Waals surface area contributed by atoms with Gasteiger partial charge in [0.2, 0.25) is 11.8 Å². The van der Waals surface area contributed by atoms with E-state index in [1.165, 1.54) is 11.3 Å². The van der Waals surface area contributed by atoms with E-state index in [4.69, 9.17) is 10.8 Å². The number of carbonyl (C=O) groups is 3. The summed E-state index contributed by atoms with van der Waals surface area (Å²) in [6.45, 7) is 0.179. The van der Waals surface area contributed by atoms with Crippen LogP contribution in [0.15, 0.2) is 17.5 Å². The minimum Gasteiger partial charge on any atom is -0.381 e. The molecule has 5 N–H and O–H groups in total. The highest BCUT2D eigenvalue weighted by atomic mass is 32.1. The summed E-state index contributed by atoms with van der Waals surface area (Å²) in [5.74, 6) is -1.35. The summed E-state index contributed by atoms with van der Waals surface area (Å²) in [4.78, 5) is 34.1. The van der Waals surface area contributed by atoms with Gasteiger partial charge >= 0.3 is 0 Å². The van der Waals surface area contributed by atoms with Crippen molar-refractivity contribution in [2.45, 2.75) is 18.9 Å². The molecule has 8 heteroatoms. The predicted molar refractivity (Wildman–Crippen MR) is 74.1 cm³/mol. The molecule has 110 valence electrons. The molecular weight excluding hydrogens is 282 g/mol. The molecule has 1 unspecified atom stereocenters. The van der Waals surface area contributed by atoms with Crippen LogP contribution in [0.25, 0.3) is 0 Å². The SMILES string of the molecule is NC(=O)C(O)CNC(=O)CCCNC(=O)c1cccs1. The zero-order valence-electron chi connectivity index (χ0n) is 10.8. The third-order valence-electron chi connectivity index (χ3n) is 2.43. The first-order valence-electron chi connectivity index (χ1n) is 6.06. The first kappa shape index (κ1) is 16.1. The predicted octanol–water partition coefficient (Wildman–Crippen LogP) is -0.780. The highest BCUT2D eigenvalue weighted by Gasteiger charge is 2.12. The molecule has 7 nitrogen and oxygen atoms in total. The van der Waals surface area contributed by atoms with E-state index in [0.29, 0.717) is 17.8 Å². The molecule has 1 atom stereocenters. The van der Waals surface area contributed by atoms with Crippen molar-refractivity contribution in [1.29, 1.82) is 0 Å². The molecule has 1 aromatic rings. The van der Waals surface area contributed by atoms with Gasteiger partial charge < -0.3 is 21.5 Å². The Morgan fingerprint density at radius 1 is 1.35 bits per heavy atom. The monoisotopic (exact) mass is 299 g/mol. The number of primary amides is 1. The number of rotatable bonds is 8. The summed E-state index contributed by atoms with van der Waals surface area (Å²) in [5, 5.41) is 16.0. The van der Waals surface area contributed by atoms with Crippen molar-refractivity contribution < 1.29 is 19.5 Å². The molecule has 0 saturated heterocycles. The van der Waals surface area contributed by atoms with Gasteiger partial charge in [0.05, 0.1) is 11.4 Å². The maximum atomic E-state index is 11.6. The Labute approximate surface area is 120 Å². The van der Waals surface area contributed by atoms with Crippen LogP contribution in [0.2, 0.25) is 0 Å². The molecular formula is C12H17N3O4S. The lowest BCUT2D eigenvalue weighted by Crippen LogP contribution is -2.40. The largest absolute Gasteiger partial charge is 0.381 e. The van der Waals surface area contributed by atoms with Crippen LogP contribution in [-0.4, -0.2) is 42.0 Å². The van der Waals surface area contributed by atoms with Crippen LogP contribution in [0.3, 0.4) is 0 Å². The number of nitrogens with two attached hydrogens (primary N) is 1. The van der Waals surface area contributed by atoms with E-state index in [1.54, 1.807) is 12.1 Å². The molecule has 1 rings (SSSR count). The summed E-state index contributed by atoms with van der Waals surface area (Å²) >= 11 is 1.35. The van der Waals surface area contributed by atoms with Crippen LogP contribution in [-0.2, 0) is 9.59 Å². The van der Waals surface area contributed by atoms with E-state index in [1.807, 2.05) is 5.38 Å². The number of aliphatic hydroxyl groups is 1. The topological polar surface area (TPSA) is 122 Å². The molecule has 0 aliphatic carbocycles. The van der Waals surface area contributed by atoms with Gasteiger partial charge in [0, 0.05) is 13.0 Å². The van der Waals surface area contributed by atoms with Crippen LogP contribution in [0.4, 0.5) is 0 Å². The van der Waals surface area contributed by atoms with Gasteiger partial charge in [-0.1, -0.05) is 6.07 Å². The summed E-state index contributed by atoms with van der Waals surface area (Å²) in [6, 6.07) is 3.51. The second kappa shape index (κ2) is 8.28. The Hall–Kier alpha value is -1.93. The summed E-state index contributed by atoms with van der Waals surface area (Å²) in [5.41, 5.74) is 4.84. The number of hydrogen-bond donors (Lipinski definition) is 4. The normalized spacial score (nSPS) is 11.7. The lowest BCUT2D eigenvalue weighted by Gasteiger charge is -2.08. The van der Waals surface area contributed by atoms with Crippen molar-refractivity contribution in [3.8, 4) is 0 Å². The first-order valence-corrected chi connectivity index (χ1v) is 6.94. The Morgan fingerprint density at radius 3 is 2.70 bits per heavy atom. The number of thiophene rings is 1. The Morgan fingerprint density at radius 2 is 2.10 bits per heavy atom. The standard InChI is InChI=1S/C12H17N3O4S/c13-11(18)8(16)7-15-10(17)4-1-5-14-12(19)9-3-2-6-20-9/h2-3,6,8,16H,1,4-5,7H2,(H2,13,18)(H,14,19)(H,15,17). The van der Waals surface area contributed by atoms with Gasteiger partial charge in [0.1, 0.15) is 6.10 Å². The average molecular weight is 299 g/mol. The van der Waals surface area contributed by atoms with Crippen molar-refractivity contribution in [3.63, 3.8) is 0 Å².